The molecule has 0 bridgehead atoms. The van der Waals surface area contributed by atoms with Crippen molar-refractivity contribution in [3.05, 3.63) is 29.8 Å². The van der Waals surface area contributed by atoms with Gasteiger partial charge in [0.1, 0.15) is 17.4 Å². The van der Waals surface area contributed by atoms with Gasteiger partial charge in [0.05, 0.1) is 6.61 Å². The second-order valence-electron chi connectivity index (χ2n) is 6.42. The summed E-state index contributed by atoms with van der Waals surface area (Å²) in [5, 5.41) is 11.4. The van der Waals surface area contributed by atoms with E-state index in [1.54, 1.807) is 24.3 Å². The van der Waals surface area contributed by atoms with Crippen LogP contribution < -0.4 is 15.8 Å². The number of carboxylic acids is 1. The molecule has 0 fully saturated rings. The first-order valence-electron chi connectivity index (χ1n) is 7.84. The average Bonchev–Trinajstić information content (AvgIpc) is 2.46. The van der Waals surface area contributed by atoms with Crippen molar-refractivity contribution in [2.75, 3.05) is 13.2 Å². The monoisotopic (exact) mass is 338 g/mol. The second-order valence-corrected chi connectivity index (χ2v) is 6.42. The lowest BCUT2D eigenvalue weighted by Gasteiger charge is -2.19. The molecule has 4 N–H and O–H groups in total. The van der Waals surface area contributed by atoms with Gasteiger partial charge in [0.25, 0.3) is 0 Å². The van der Waals surface area contributed by atoms with Crippen LogP contribution >= 0.6 is 0 Å². The molecule has 1 atom stereocenters. The summed E-state index contributed by atoms with van der Waals surface area (Å²) < 4.78 is 10.7. The highest BCUT2D eigenvalue weighted by molar-refractivity contribution is 5.73. The molecule has 1 amide bonds. The zero-order chi connectivity index (χ0) is 18.2. The maximum absolute atomic E-state index is 11.4. The molecule has 24 heavy (non-hydrogen) atoms. The Morgan fingerprint density at radius 1 is 1.25 bits per heavy atom. The van der Waals surface area contributed by atoms with Gasteiger partial charge in [-0.3, -0.25) is 4.79 Å². The third kappa shape index (κ3) is 8.38. The van der Waals surface area contributed by atoms with E-state index in [0.717, 1.165) is 5.56 Å². The molecule has 0 heterocycles. The first-order chi connectivity index (χ1) is 11.2. The van der Waals surface area contributed by atoms with Crippen molar-refractivity contribution in [1.82, 2.24) is 5.32 Å². The van der Waals surface area contributed by atoms with E-state index in [2.05, 4.69) is 5.32 Å². The Morgan fingerprint density at radius 3 is 2.42 bits per heavy atom. The number of nitrogens with two attached hydrogens (primary N) is 1. The number of carboxylic acid groups (broad SMARTS) is 1. The van der Waals surface area contributed by atoms with Crippen LogP contribution in [-0.4, -0.2) is 42.0 Å². The van der Waals surface area contributed by atoms with Crippen LogP contribution in [0.3, 0.4) is 0 Å². The summed E-state index contributed by atoms with van der Waals surface area (Å²) in [6.07, 6.45) is 0.474. The van der Waals surface area contributed by atoms with Gasteiger partial charge in [0.2, 0.25) is 0 Å². The minimum absolute atomic E-state index is 0.273. The molecule has 0 aromatic heterocycles. The molecule has 0 saturated carbocycles. The van der Waals surface area contributed by atoms with Crippen LogP contribution in [0.15, 0.2) is 24.3 Å². The van der Waals surface area contributed by atoms with E-state index in [1.165, 1.54) is 0 Å². The molecule has 0 aliphatic rings. The van der Waals surface area contributed by atoms with Gasteiger partial charge in [-0.2, -0.15) is 0 Å². The maximum atomic E-state index is 11.4. The van der Waals surface area contributed by atoms with E-state index >= 15 is 0 Å². The molecule has 0 radical (unpaired) electrons. The van der Waals surface area contributed by atoms with Crippen molar-refractivity contribution < 1.29 is 24.2 Å². The zero-order valence-corrected chi connectivity index (χ0v) is 14.4. The van der Waals surface area contributed by atoms with Crippen LogP contribution in [0, 0.1) is 0 Å². The summed E-state index contributed by atoms with van der Waals surface area (Å²) in [7, 11) is 0. The number of rotatable bonds is 8. The molecule has 7 nitrogen and oxygen atoms in total. The topological polar surface area (TPSA) is 111 Å². The zero-order valence-electron chi connectivity index (χ0n) is 14.4. The van der Waals surface area contributed by atoms with Crippen molar-refractivity contribution in [3.63, 3.8) is 0 Å². The highest BCUT2D eigenvalue weighted by atomic mass is 16.6. The third-order valence-electron chi connectivity index (χ3n) is 2.95. The summed E-state index contributed by atoms with van der Waals surface area (Å²) in [4.78, 5) is 22.1. The van der Waals surface area contributed by atoms with Gasteiger partial charge < -0.3 is 25.6 Å². The molecular formula is C17H26N2O5. The fourth-order valence-electron chi connectivity index (χ4n) is 1.83. The number of alkyl carbamates (subject to hydrolysis) is 1. The van der Waals surface area contributed by atoms with Gasteiger partial charge in [-0.05, 0) is 51.3 Å². The van der Waals surface area contributed by atoms with Crippen molar-refractivity contribution in [3.8, 4) is 5.75 Å². The number of hydrogen-bond donors (Lipinski definition) is 3. The van der Waals surface area contributed by atoms with E-state index < -0.39 is 23.7 Å². The lowest BCUT2D eigenvalue weighted by Crippen LogP contribution is -2.33. The van der Waals surface area contributed by atoms with E-state index in [1.807, 2.05) is 20.8 Å². The number of amides is 1. The van der Waals surface area contributed by atoms with Gasteiger partial charge in [0.15, 0.2) is 0 Å². The van der Waals surface area contributed by atoms with Gasteiger partial charge in [-0.1, -0.05) is 12.1 Å². The Morgan fingerprint density at radius 2 is 1.88 bits per heavy atom. The predicted molar refractivity (Wildman–Crippen MR) is 90.1 cm³/mol. The molecule has 134 valence electrons. The predicted octanol–water partition coefficient (Wildman–Crippen LogP) is 1.93. The molecule has 1 rings (SSSR count). The number of hydrogen-bond acceptors (Lipinski definition) is 5. The summed E-state index contributed by atoms with van der Waals surface area (Å²) in [5.41, 5.74) is 5.82. The number of carbonyl (C=O) groups is 2. The number of benzene rings is 1. The van der Waals surface area contributed by atoms with Crippen LogP contribution in [0.2, 0.25) is 0 Å². The lowest BCUT2D eigenvalue weighted by atomic mass is 10.1. The van der Waals surface area contributed by atoms with Crippen LogP contribution in [0.1, 0.15) is 32.8 Å². The fraction of sp³-hybridized carbons (Fsp3) is 0.529. The molecule has 0 saturated heterocycles. The second kappa shape index (κ2) is 9.12. The fourth-order valence-corrected chi connectivity index (χ4v) is 1.83. The van der Waals surface area contributed by atoms with Gasteiger partial charge >= 0.3 is 12.1 Å². The minimum atomic E-state index is -1.02. The Kier molecular flexibility index (Phi) is 7.51. The first-order valence-corrected chi connectivity index (χ1v) is 7.84. The standard InChI is InChI=1S/C17H26N2O5/c1-17(2,3)24-16(22)19-9-4-10-23-13-7-5-12(6-8-13)11-14(18)15(20)21/h5-8,14H,4,9-11,18H2,1-3H3,(H,19,22)(H,20,21)/t14-/m0/s1. The van der Waals surface area contributed by atoms with E-state index in [0.29, 0.717) is 25.3 Å². The van der Waals surface area contributed by atoms with E-state index in [4.69, 9.17) is 20.3 Å². The molecular weight excluding hydrogens is 312 g/mol. The summed E-state index contributed by atoms with van der Waals surface area (Å²) in [6.45, 7) is 6.33. The Labute approximate surface area is 142 Å². The number of nitrogens with one attached hydrogen (secondary N) is 1. The Hall–Kier alpha value is -2.28. The third-order valence-corrected chi connectivity index (χ3v) is 2.95. The lowest BCUT2D eigenvalue weighted by molar-refractivity contribution is -0.138. The van der Waals surface area contributed by atoms with E-state index in [9.17, 15) is 9.59 Å². The normalized spacial score (nSPS) is 12.3. The SMILES string of the molecule is CC(C)(C)OC(=O)NCCCOc1ccc(C[C@H](N)C(=O)O)cc1. The van der Waals surface area contributed by atoms with E-state index in [-0.39, 0.29) is 6.42 Å². The van der Waals surface area contributed by atoms with Crippen molar-refractivity contribution in [1.29, 1.82) is 0 Å². The first kappa shape index (κ1) is 19.8. The van der Waals surface area contributed by atoms with Crippen molar-refractivity contribution >= 4 is 12.1 Å². The largest absolute Gasteiger partial charge is 0.494 e. The van der Waals surface area contributed by atoms with Gasteiger partial charge in [-0.15, -0.1) is 0 Å². The molecule has 1 aromatic rings. The molecule has 1 aromatic carbocycles. The minimum Gasteiger partial charge on any atom is -0.494 e. The molecule has 0 unspecified atom stereocenters. The summed E-state index contributed by atoms with van der Waals surface area (Å²) in [5.74, 6) is -0.340. The highest BCUT2D eigenvalue weighted by Crippen LogP contribution is 2.13. The van der Waals surface area contributed by atoms with Gasteiger partial charge in [-0.25, -0.2) is 4.79 Å². The molecule has 0 spiro atoms. The summed E-state index contributed by atoms with van der Waals surface area (Å²) in [6, 6.07) is 6.21. The molecule has 7 heteroatoms. The smallest absolute Gasteiger partial charge is 0.407 e. The Bertz CT molecular complexity index is 537. The number of aliphatic carboxylic acids is 1. The van der Waals surface area contributed by atoms with Crippen molar-refractivity contribution in [2.24, 2.45) is 5.73 Å². The van der Waals surface area contributed by atoms with Crippen LogP contribution in [-0.2, 0) is 16.0 Å². The number of carbonyl (C=O) groups excluding carboxylic acids is 1. The highest BCUT2D eigenvalue weighted by Gasteiger charge is 2.15. The van der Waals surface area contributed by atoms with Crippen LogP contribution in [0.5, 0.6) is 5.75 Å². The Balaban J connectivity index is 2.24. The summed E-state index contributed by atoms with van der Waals surface area (Å²) >= 11 is 0. The number of ether oxygens (including phenoxy) is 2. The average molecular weight is 338 g/mol. The molecule has 0 aliphatic heterocycles. The van der Waals surface area contributed by atoms with Crippen LogP contribution in [0.25, 0.3) is 0 Å². The van der Waals surface area contributed by atoms with Crippen molar-refractivity contribution in [2.45, 2.75) is 45.3 Å². The molecule has 0 aliphatic carbocycles. The van der Waals surface area contributed by atoms with Gasteiger partial charge in [0, 0.05) is 6.54 Å². The van der Waals surface area contributed by atoms with Crippen LogP contribution in [0.4, 0.5) is 4.79 Å². The maximum Gasteiger partial charge on any atom is 0.407 e. The quantitative estimate of drug-likeness (QED) is 0.625.